The third-order valence-corrected chi connectivity index (χ3v) is 3.16. The molecular weight excluding hydrogens is 232 g/mol. The largest absolute Gasteiger partial charge is 0.397 e. The van der Waals surface area contributed by atoms with Crippen molar-refractivity contribution in [3.63, 3.8) is 0 Å². The lowest BCUT2D eigenvalue weighted by Crippen LogP contribution is -2.21. The molecule has 1 aliphatic rings. The van der Waals surface area contributed by atoms with Crippen molar-refractivity contribution in [2.75, 3.05) is 12.3 Å². The molecule has 0 radical (unpaired) electrons. The molecule has 2 aromatic rings. The Hall–Kier alpha value is -1.95. The van der Waals surface area contributed by atoms with Crippen molar-refractivity contribution < 1.29 is 9.26 Å². The molecule has 3 heterocycles. The Balaban J connectivity index is 1.97. The van der Waals surface area contributed by atoms with Crippen molar-refractivity contribution in [3.05, 3.63) is 24.2 Å². The monoisotopic (exact) mass is 246 g/mol. The van der Waals surface area contributed by atoms with Crippen LogP contribution in [0, 0.1) is 0 Å². The summed E-state index contributed by atoms with van der Waals surface area (Å²) in [6.45, 7) is 2.70. The van der Waals surface area contributed by atoms with Gasteiger partial charge in [0.1, 0.15) is 5.60 Å². The van der Waals surface area contributed by atoms with E-state index in [2.05, 4.69) is 15.1 Å². The molecule has 0 bridgehead atoms. The number of hydrogen-bond donors (Lipinski definition) is 1. The van der Waals surface area contributed by atoms with E-state index in [4.69, 9.17) is 15.0 Å². The normalized spacial score (nSPS) is 23.4. The molecule has 3 rings (SSSR count). The van der Waals surface area contributed by atoms with E-state index in [1.807, 2.05) is 6.92 Å². The highest BCUT2D eigenvalue weighted by molar-refractivity contribution is 5.65. The lowest BCUT2D eigenvalue weighted by Gasteiger charge is -2.17. The van der Waals surface area contributed by atoms with E-state index in [9.17, 15) is 0 Å². The quantitative estimate of drug-likeness (QED) is 0.868. The number of nitrogen functional groups attached to an aromatic ring is 1. The molecule has 0 amide bonds. The summed E-state index contributed by atoms with van der Waals surface area (Å²) in [4.78, 5) is 8.50. The molecular formula is C12H14N4O2. The fraction of sp³-hybridized carbons (Fsp3) is 0.417. The molecule has 2 N–H and O–H groups in total. The maximum atomic E-state index is 5.83. The summed E-state index contributed by atoms with van der Waals surface area (Å²) in [7, 11) is 0. The van der Waals surface area contributed by atoms with Gasteiger partial charge in [0, 0.05) is 12.8 Å². The van der Waals surface area contributed by atoms with E-state index in [1.165, 1.54) is 0 Å². The number of nitrogens with zero attached hydrogens (tertiary/aromatic N) is 3. The maximum Gasteiger partial charge on any atom is 0.278 e. The van der Waals surface area contributed by atoms with Crippen molar-refractivity contribution in [1.29, 1.82) is 0 Å². The summed E-state index contributed by atoms with van der Waals surface area (Å²) in [6.07, 6.45) is 3.54. The average molecular weight is 246 g/mol. The molecule has 2 aromatic heterocycles. The highest BCUT2D eigenvalue weighted by Crippen LogP contribution is 2.34. The van der Waals surface area contributed by atoms with Crippen LogP contribution in [-0.2, 0) is 10.3 Å². The first kappa shape index (κ1) is 11.2. The Labute approximate surface area is 104 Å². The zero-order valence-electron chi connectivity index (χ0n) is 10.1. The van der Waals surface area contributed by atoms with Gasteiger partial charge in [0.05, 0.1) is 5.69 Å². The van der Waals surface area contributed by atoms with Crippen LogP contribution < -0.4 is 5.73 Å². The van der Waals surface area contributed by atoms with Gasteiger partial charge < -0.3 is 15.0 Å². The Kier molecular flexibility index (Phi) is 2.52. The van der Waals surface area contributed by atoms with Crippen LogP contribution in [0.3, 0.4) is 0 Å². The van der Waals surface area contributed by atoms with Crippen LogP contribution in [-0.4, -0.2) is 21.7 Å². The summed E-state index contributed by atoms with van der Waals surface area (Å²) < 4.78 is 10.9. The highest BCUT2D eigenvalue weighted by atomic mass is 16.5. The lowest BCUT2D eigenvalue weighted by atomic mass is 10.0. The Morgan fingerprint density at radius 3 is 3.06 bits per heavy atom. The topological polar surface area (TPSA) is 87.1 Å². The van der Waals surface area contributed by atoms with Crippen LogP contribution in [0.4, 0.5) is 5.69 Å². The van der Waals surface area contributed by atoms with Crippen LogP contribution in [0.2, 0.25) is 0 Å². The summed E-state index contributed by atoms with van der Waals surface area (Å²) in [5.41, 5.74) is 6.40. The van der Waals surface area contributed by atoms with Crippen LogP contribution >= 0.6 is 0 Å². The Morgan fingerprint density at radius 1 is 1.44 bits per heavy atom. The molecule has 1 atom stereocenters. The molecule has 94 valence electrons. The first-order valence-electron chi connectivity index (χ1n) is 5.88. The van der Waals surface area contributed by atoms with E-state index in [1.54, 1.807) is 18.3 Å². The average Bonchev–Trinajstić information content (AvgIpc) is 2.99. The van der Waals surface area contributed by atoms with Crippen molar-refractivity contribution >= 4 is 5.69 Å². The van der Waals surface area contributed by atoms with Gasteiger partial charge in [-0.1, -0.05) is 5.16 Å². The van der Waals surface area contributed by atoms with Gasteiger partial charge in [-0.3, -0.25) is 0 Å². The smallest absolute Gasteiger partial charge is 0.278 e. The van der Waals surface area contributed by atoms with Gasteiger partial charge in [-0.15, -0.1) is 0 Å². The summed E-state index contributed by atoms with van der Waals surface area (Å²) in [5, 5.41) is 3.98. The fourth-order valence-corrected chi connectivity index (χ4v) is 2.09. The van der Waals surface area contributed by atoms with Crippen molar-refractivity contribution in [2.24, 2.45) is 0 Å². The first-order valence-corrected chi connectivity index (χ1v) is 5.88. The lowest BCUT2D eigenvalue weighted by molar-refractivity contribution is 0.00768. The number of rotatable bonds is 2. The molecule has 1 aliphatic heterocycles. The molecule has 0 aromatic carbocycles. The van der Waals surface area contributed by atoms with Gasteiger partial charge in [-0.05, 0) is 31.9 Å². The zero-order chi connectivity index (χ0) is 12.6. The van der Waals surface area contributed by atoms with Gasteiger partial charge in [-0.2, -0.15) is 4.98 Å². The SMILES string of the molecule is CC1(c2noc(-c3ncccc3N)n2)CCCO1. The second kappa shape index (κ2) is 4.06. The Morgan fingerprint density at radius 2 is 2.33 bits per heavy atom. The minimum absolute atomic E-state index is 0.333. The van der Waals surface area contributed by atoms with Gasteiger partial charge in [0.2, 0.25) is 5.82 Å². The molecule has 1 unspecified atom stereocenters. The molecule has 1 saturated heterocycles. The van der Waals surface area contributed by atoms with E-state index in [0.29, 0.717) is 23.1 Å². The predicted molar refractivity (Wildman–Crippen MR) is 64.5 cm³/mol. The molecule has 0 saturated carbocycles. The van der Waals surface area contributed by atoms with Gasteiger partial charge >= 0.3 is 0 Å². The number of hydrogen-bond acceptors (Lipinski definition) is 6. The van der Waals surface area contributed by atoms with E-state index >= 15 is 0 Å². The molecule has 1 fully saturated rings. The van der Waals surface area contributed by atoms with Crippen LogP contribution in [0.5, 0.6) is 0 Å². The van der Waals surface area contributed by atoms with Gasteiger partial charge in [0.25, 0.3) is 5.89 Å². The molecule has 6 heteroatoms. The molecule has 18 heavy (non-hydrogen) atoms. The van der Waals surface area contributed by atoms with Gasteiger partial charge in [-0.25, -0.2) is 4.98 Å². The number of aromatic nitrogens is 3. The van der Waals surface area contributed by atoms with Crippen molar-refractivity contribution in [1.82, 2.24) is 15.1 Å². The number of ether oxygens (including phenoxy) is 1. The van der Waals surface area contributed by atoms with Crippen LogP contribution in [0.1, 0.15) is 25.6 Å². The van der Waals surface area contributed by atoms with E-state index < -0.39 is 5.60 Å². The predicted octanol–water partition coefficient (Wildman–Crippen LogP) is 1.74. The summed E-state index contributed by atoms with van der Waals surface area (Å²) in [6, 6.07) is 3.51. The Bertz CT molecular complexity index is 561. The number of anilines is 1. The van der Waals surface area contributed by atoms with Crippen LogP contribution in [0.15, 0.2) is 22.9 Å². The third-order valence-electron chi connectivity index (χ3n) is 3.16. The third kappa shape index (κ3) is 1.74. The van der Waals surface area contributed by atoms with E-state index in [-0.39, 0.29) is 0 Å². The minimum Gasteiger partial charge on any atom is -0.397 e. The first-order chi connectivity index (χ1) is 8.69. The highest BCUT2D eigenvalue weighted by Gasteiger charge is 2.37. The van der Waals surface area contributed by atoms with E-state index in [0.717, 1.165) is 19.4 Å². The fourth-order valence-electron chi connectivity index (χ4n) is 2.09. The standard InChI is InChI=1S/C12H14N4O2/c1-12(5-3-7-17-12)11-15-10(18-16-11)9-8(13)4-2-6-14-9/h2,4,6H,3,5,7,13H2,1H3. The minimum atomic E-state index is -0.453. The second-order valence-electron chi connectivity index (χ2n) is 4.55. The van der Waals surface area contributed by atoms with Gasteiger partial charge in [0.15, 0.2) is 5.69 Å². The van der Waals surface area contributed by atoms with Crippen molar-refractivity contribution in [2.45, 2.75) is 25.4 Å². The maximum absolute atomic E-state index is 5.83. The number of pyridine rings is 1. The number of nitrogens with two attached hydrogens (primary N) is 1. The second-order valence-corrected chi connectivity index (χ2v) is 4.55. The molecule has 0 aliphatic carbocycles. The summed E-state index contributed by atoms with van der Waals surface area (Å²) in [5.74, 6) is 0.889. The van der Waals surface area contributed by atoms with Crippen LogP contribution in [0.25, 0.3) is 11.6 Å². The van der Waals surface area contributed by atoms with Crippen molar-refractivity contribution in [3.8, 4) is 11.6 Å². The molecule has 0 spiro atoms. The zero-order valence-corrected chi connectivity index (χ0v) is 10.1. The summed E-state index contributed by atoms with van der Waals surface area (Å²) >= 11 is 0. The molecule has 6 nitrogen and oxygen atoms in total.